The van der Waals surface area contributed by atoms with E-state index in [0.29, 0.717) is 23.5 Å². The van der Waals surface area contributed by atoms with Gasteiger partial charge in [0.1, 0.15) is 11.0 Å². The summed E-state index contributed by atoms with van der Waals surface area (Å²) in [5, 5.41) is 3.19. The molecule has 0 atom stereocenters. The number of anilines is 1. The van der Waals surface area contributed by atoms with Crippen LogP contribution in [-0.2, 0) is 0 Å². The normalized spacial score (nSPS) is 10.5. The minimum Gasteiger partial charge on any atom is -0.351 e. The summed E-state index contributed by atoms with van der Waals surface area (Å²) in [4.78, 5) is 15.9. The molecule has 0 saturated heterocycles. The highest BCUT2D eigenvalue weighted by Gasteiger charge is 2.12. The first kappa shape index (κ1) is 12.3. The molecular weight excluding hydrogens is 284 g/mol. The second-order valence-corrected chi connectivity index (χ2v) is 4.04. The molecule has 0 aliphatic heterocycles. The second kappa shape index (κ2) is 5.00. The molecule has 0 fully saturated rings. The van der Waals surface area contributed by atoms with Crippen molar-refractivity contribution in [3.05, 3.63) is 28.2 Å². The van der Waals surface area contributed by atoms with E-state index in [-0.39, 0.29) is 15.6 Å². The van der Waals surface area contributed by atoms with Gasteiger partial charge in [-0.2, -0.15) is 4.98 Å². The molecule has 2 rings (SSSR count). The molecule has 17 heavy (non-hydrogen) atoms. The number of aromatic nitrogens is 4. The average Bonchev–Trinajstić information content (AvgIpc) is 2.28. The van der Waals surface area contributed by atoms with Crippen molar-refractivity contribution >= 4 is 51.8 Å². The Kier molecular flexibility index (Phi) is 3.61. The summed E-state index contributed by atoms with van der Waals surface area (Å²) in [6.07, 6.45) is 1.67. The quantitative estimate of drug-likeness (QED) is 0.535. The molecule has 2 aromatic heterocycles. The van der Waals surface area contributed by atoms with Crippen molar-refractivity contribution in [2.75, 3.05) is 11.9 Å². The van der Waals surface area contributed by atoms with Crippen LogP contribution in [0.5, 0.6) is 0 Å². The summed E-state index contributed by atoms with van der Waals surface area (Å²) in [6, 6.07) is 0. The lowest BCUT2D eigenvalue weighted by atomic mass is 10.4. The maximum absolute atomic E-state index is 5.96. The topological polar surface area (TPSA) is 63.6 Å². The first-order chi connectivity index (χ1) is 8.11. The zero-order chi connectivity index (χ0) is 12.4. The zero-order valence-corrected chi connectivity index (χ0v) is 10.7. The number of nitrogens with one attached hydrogen (secondary N) is 1. The predicted molar refractivity (Wildman–Crippen MR) is 68.8 cm³/mol. The monoisotopic (exact) mass is 289 g/mol. The van der Waals surface area contributed by atoms with E-state index in [1.165, 1.54) is 0 Å². The van der Waals surface area contributed by atoms with Crippen molar-refractivity contribution in [2.45, 2.75) is 0 Å². The van der Waals surface area contributed by atoms with Gasteiger partial charge in [-0.25, -0.2) is 15.0 Å². The van der Waals surface area contributed by atoms with E-state index < -0.39 is 0 Å². The number of nitrogens with zero attached hydrogens (tertiary/aromatic N) is 4. The first-order valence-corrected chi connectivity index (χ1v) is 5.66. The van der Waals surface area contributed by atoms with E-state index in [9.17, 15) is 0 Å². The van der Waals surface area contributed by atoms with Crippen LogP contribution in [0.1, 0.15) is 0 Å². The van der Waals surface area contributed by atoms with Crippen molar-refractivity contribution < 1.29 is 0 Å². The van der Waals surface area contributed by atoms with E-state index in [0.717, 1.165) is 0 Å². The van der Waals surface area contributed by atoms with E-state index in [1.807, 2.05) is 0 Å². The molecule has 0 unspecified atom stereocenters. The Morgan fingerprint density at radius 2 is 1.65 bits per heavy atom. The van der Waals surface area contributed by atoms with Gasteiger partial charge in [-0.1, -0.05) is 29.3 Å². The molecule has 2 aromatic rings. The fraction of sp³-hybridized carbons (Fsp3) is 0.111. The van der Waals surface area contributed by atoms with E-state index in [4.69, 9.17) is 34.8 Å². The smallest absolute Gasteiger partial charge is 0.225 e. The average molecular weight is 291 g/mol. The fourth-order valence-corrected chi connectivity index (χ4v) is 1.80. The van der Waals surface area contributed by atoms with Gasteiger partial charge in [0.25, 0.3) is 0 Å². The van der Waals surface area contributed by atoms with Crippen molar-refractivity contribution in [1.82, 2.24) is 19.9 Å². The van der Waals surface area contributed by atoms with Gasteiger partial charge in [-0.15, -0.1) is 6.58 Å². The molecule has 0 amide bonds. The highest BCUT2D eigenvalue weighted by Crippen LogP contribution is 2.26. The Labute approximate surface area is 112 Å². The molecule has 0 aliphatic rings. The standard InChI is InChI=1S/C9H6Cl3N5/c1-2-3-13-9-15-5-4(7(11)17-9)14-8(12)16-6(5)10/h2H,1,3H2,(H,13,15,17). The van der Waals surface area contributed by atoms with Crippen molar-refractivity contribution in [1.29, 1.82) is 0 Å². The second-order valence-electron chi connectivity index (χ2n) is 2.99. The van der Waals surface area contributed by atoms with Crippen LogP contribution in [-0.4, -0.2) is 26.5 Å². The zero-order valence-electron chi connectivity index (χ0n) is 8.41. The minimum absolute atomic E-state index is 0.000185. The number of fused-ring (bicyclic) bond motifs is 1. The van der Waals surface area contributed by atoms with Crippen LogP contribution in [0.25, 0.3) is 11.0 Å². The summed E-state index contributed by atoms with van der Waals surface area (Å²) in [5.74, 6) is 0.329. The van der Waals surface area contributed by atoms with Gasteiger partial charge in [0, 0.05) is 6.54 Å². The minimum atomic E-state index is -0.000185. The number of halogens is 3. The molecule has 0 bridgehead atoms. The maximum Gasteiger partial charge on any atom is 0.225 e. The van der Waals surface area contributed by atoms with Crippen LogP contribution in [0.3, 0.4) is 0 Å². The highest BCUT2D eigenvalue weighted by molar-refractivity contribution is 6.38. The lowest BCUT2D eigenvalue weighted by Gasteiger charge is -2.05. The van der Waals surface area contributed by atoms with Crippen LogP contribution in [0.15, 0.2) is 12.7 Å². The van der Waals surface area contributed by atoms with Gasteiger partial charge in [-0.3, -0.25) is 0 Å². The summed E-state index contributed by atoms with van der Waals surface area (Å²) in [5.41, 5.74) is 0.670. The molecule has 0 radical (unpaired) electrons. The molecule has 5 nitrogen and oxygen atoms in total. The Bertz CT molecular complexity index is 586. The fourth-order valence-electron chi connectivity index (χ4n) is 1.16. The lowest BCUT2D eigenvalue weighted by Crippen LogP contribution is -2.04. The Morgan fingerprint density at radius 1 is 1.00 bits per heavy atom. The Balaban J connectivity index is 2.60. The third kappa shape index (κ3) is 2.57. The van der Waals surface area contributed by atoms with Crippen molar-refractivity contribution in [3.63, 3.8) is 0 Å². The maximum atomic E-state index is 5.96. The molecule has 0 aliphatic carbocycles. The third-order valence-corrected chi connectivity index (χ3v) is 2.53. The molecule has 2 heterocycles. The van der Waals surface area contributed by atoms with Crippen LogP contribution >= 0.6 is 34.8 Å². The largest absolute Gasteiger partial charge is 0.351 e. The first-order valence-electron chi connectivity index (χ1n) is 4.53. The van der Waals surface area contributed by atoms with Gasteiger partial charge in [0.05, 0.1) is 0 Å². The van der Waals surface area contributed by atoms with Crippen LogP contribution in [0.2, 0.25) is 15.6 Å². The van der Waals surface area contributed by atoms with Gasteiger partial charge >= 0.3 is 0 Å². The number of rotatable bonds is 3. The molecule has 88 valence electrons. The Hall–Kier alpha value is -1.17. The summed E-state index contributed by atoms with van der Waals surface area (Å²) < 4.78 is 0. The molecule has 0 spiro atoms. The molecule has 1 N–H and O–H groups in total. The van der Waals surface area contributed by atoms with E-state index in [2.05, 4.69) is 31.8 Å². The molecule has 0 saturated carbocycles. The van der Waals surface area contributed by atoms with Gasteiger partial charge in [0.2, 0.25) is 11.2 Å². The van der Waals surface area contributed by atoms with Crippen LogP contribution in [0, 0.1) is 0 Å². The van der Waals surface area contributed by atoms with Crippen molar-refractivity contribution in [3.8, 4) is 0 Å². The number of hydrogen-bond donors (Lipinski definition) is 1. The van der Waals surface area contributed by atoms with E-state index in [1.54, 1.807) is 6.08 Å². The third-order valence-electron chi connectivity index (χ3n) is 1.84. The molecular formula is C9H6Cl3N5. The van der Waals surface area contributed by atoms with E-state index >= 15 is 0 Å². The number of hydrogen-bond acceptors (Lipinski definition) is 5. The molecule has 8 heteroatoms. The van der Waals surface area contributed by atoms with Crippen molar-refractivity contribution in [2.24, 2.45) is 0 Å². The lowest BCUT2D eigenvalue weighted by molar-refractivity contribution is 1.12. The molecule has 0 aromatic carbocycles. The van der Waals surface area contributed by atoms with Crippen LogP contribution in [0.4, 0.5) is 5.95 Å². The Morgan fingerprint density at radius 3 is 2.35 bits per heavy atom. The van der Waals surface area contributed by atoms with Crippen LogP contribution < -0.4 is 5.32 Å². The van der Waals surface area contributed by atoms with Gasteiger partial charge < -0.3 is 5.32 Å². The summed E-state index contributed by atoms with van der Waals surface area (Å²) in [7, 11) is 0. The van der Waals surface area contributed by atoms with Gasteiger partial charge in [-0.05, 0) is 11.6 Å². The predicted octanol–water partition coefficient (Wildman–Crippen LogP) is 2.98. The summed E-state index contributed by atoms with van der Waals surface area (Å²) in [6.45, 7) is 4.08. The highest BCUT2D eigenvalue weighted by atomic mass is 35.5. The summed E-state index contributed by atoms with van der Waals surface area (Å²) >= 11 is 17.5. The van der Waals surface area contributed by atoms with Gasteiger partial charge in [0.15, 0.2) is 10.3 Å². The SMILES string of the molecule is C=CCNc1nc(Cl)c2nc(Cl)nc(Cl)c2n1.